The molecule has 1 unspecified atom stereocenters. The number of aromatic carboxylic acids is 1. The zero-order valence-electron chi connectivity index (χ0n) is 11.8. The fourth-order valence-electron chi connectivity index (χ4n) is 3.01. The topological polar surface area (TPSA) is 84.8 Å². The van der Waals surface area contributed by atoms with Crippen LogP contribution >= 0.6 is 11.6 Å². The molecule has 3 heterocycles. The van der Waals surface area contributed by atoms with E-state index >= 15 is 0 Å². The highest BCUT2D eigenvalue weighted by Gasteiger charge is 2.48. The van der Waals surface area contributed by atoms with Gasteiger partial charge in [-0.25, -0.2) is 9.78 Å². The van der Waals surface area contributed by atoms with Gasteiger partial charge in [0, 0.05) is 0 Å². The van der Waals surface area contributed by atoms with Gasteiger partial charge in [0.1, 0.15) is 6.61 Å². The Hall–Kier alpha value is -1.60. The summed E-state index contributed by atoms with van der Waals surface area (Å²) >= 11 is 5.89. The maximum atomic E-state index is 11.3. The van der Waals surface area contributed by atoms with Gasteiger partial charge in [-0.05, 0) is 24.9 Å². The highest BCUT2D eigenvalue weighted by atomic mass is 35.5. The molecule has 0 spiro atoms. The molecule has 1 fully saturated rings. The molecule has 0 saturated carbocycles. The highest BCUT2D eigenvalue weighted by Crippen LogP contribution is 2.43. The van der Waals surface area contributed by atoms with Crippen molar-refractivity contribution in [1.29, 1.82) is 0 Å². The lowest BCUT2D eigenvalue weighted by molar-refractivity contribution is -0.00263. The lowest BCUT2D eigenvalue weighted by Gasteiger charge is -2.52. The number of carboxylic acids is 1. The van der Waals surface area contributed by atoms with E-state index in [1.807, 2.05) is 13.8 Å². The Morgan fingerprint density at radius 2 is 2.29 bits per heavy atom. The molecule has 0 aromatic carbocycles. The summed E-state index contributed by atoms with van der Waals surface area (Å²) in [6.07, 6.45) is 0.792. The first-order valence-electron chi connectivity index (χ1n) is 6.79. The van der Waals surface area contributed by atoms with Gasteiger partial charge >= 0.3 is 5.97 Å². The first-order valence-corrected chi connectivity index (χ1v) is 7.17. The first kappa shape index (κ1) is 14.3. The lowest BCUT2D eigenvalue weighted by atomic mass is 9.90. The van der Waals surface area contributed by atoms with Gasteiger partial charge in [0.05, 0.1) is 24.8 Å². The zero-order valence-corrected chi connectivity index (χ0v) is 12.6. The van der Waals surface area contributed by atoms with Crippen LogP contribution in [0.4, 0.5) is 5.82 Å². The van der Waals surface area contributed by atoms with Crippen molar-refractivity contribution in [3.8, 4) is 5.75 Å². The number of fused-ring (bicyclic) bond motifs is 3. The average molecular weight is 314 g/mol. The number of hydrogen-bond donors (Lipinski definition) is 1. The molecule has 3 rings (SSSR count). The summed E-state index contributed by atoms with van der Waals surface area (Å²) in [4.78, 5) is 21.4. The van der Waals surface area contributed by atoms with E-state index in [0.29, 0.717) is 25.6 Å². The van der Waals surface area contributed by atoms with Gasteiger partial charge in [-0.15, -0.1) is 0 Å². The van der Waals surface area contributed by atoms with Crippen LogP contribution in [0.1, 0.15) is 30.8 Å². The predicted molar refractivity (Wildman–Crippen MR) is 75.3 cm³/mol. The minimum absolute atomic E-state index is 0.0500. The molecular formula is C13H16ClN3O4. The molecule has 0 aliphatic carbocycles. The number of morpholine rings is 1. The Morgan fingerprint density at radius 3 is 2.95 bits per heavy atom. The molecule has 1 saturated heterocycles. The van der Waals surface area contributed by atoms with Crippen molar-refractivity contribution in [3.63, 3.8) is 0 Å². The molecule has 2 atom stereocenters. The van der Waals surface area contributed by atoms with Gasteiger partial charge in [-0.2, -0.15) is 4.98 Å². The summed E-state index contributed by atoms with van der Waals surface area (Å²) in [6.45, 7) is 5.45. The molecular weight excluding hydrogens is 298 g/mol. The Balaban J connectivity index is 2.19. The quantitative estimate of drug-likeness (QED) is 0.830. The predicted octanol–water partition coefficient (Wildman–Crippen LogP) is 1.59. The number of anilines is 1. The van der Waals surface area contributed by atoms with Crippen molar-refractivity contribution in [2.45, 2.75) is 31.8 Å². The van der Waals surface area contributed by atoms with Gasteiger partial charge in [0.15, 0.2) is 17.3 Å². The number of carboxylic acid groups (broad SMARTS) is 1. The Morgan fingerprint density at radius 1 is 1.52 bits per heavy atom. The molecule has 0 bridgehead atoms. The van der Waals surface area contributed by atoms with Gasteiger partial charge in [0.25, 0.3) is 0 Å². The van der Waals surface area contributed by atoms with Crippen LogP contribution in [0.3, 0.4) is 0 Å². The third kappa shape index (κ3) is 2.11. The number of nitrogens with zero attached hydrogens (tertiary/aromatic N) is 3. The van der Waals surface area contributed by atoms with E-state index in [4.69, 9.17) is 21.1 Å². The summed E-state index contributed by atoms with van der Waals surface area (Å²) in [5.41, 5.74) is -0.550. The van der Waals surface area contributed by atoms with E-state index in [2.05, 4.69) is 14.9 Å². The number of hydrogen-bond acceptors (Lipinski definition) is 6. The molecule has 114 valence electrons. The number of aromatic nitrogens is 2. The maximum Gasteiger partial charge on any atom is 0.358 e. The molecule has 0 radical (unpaired) electrons. The van der Waals surface area contributed by atoms with Crippen LogP contribution in [0, 0.1) is 0 Å². The van der Waals surface area contributed by atoms with Crippen LogP contribution in [0.15, 0.2) is 0 Å². The number of ether oxygens (including phenoxy) is 2. The summed E-state index contributed by atoms with van der Waals surface area (Å²) in [6, 6.07) is 0.0500. The Labute approximate surface area is 126 Å². The summed E-state index contributed by atoms with van der Waals surface area (Å²) < 4.78 is 11.4. The molecule has 8 heteroatoms. The highest BCUT2D eigenvalue weighted by molar-refractivity contribution is 6.28. The van der Waals surface area contributed by atoms with E-state index in [-0.39, 0.29) is 28.3 Å². The van der Waals surface area contributed by atoms with E-state index < -0.39 is 5.97 Å². The summed E-state index contributed by atoms with van der Waals surface area (Å²) in [5, 5.41) is 9.18. The zero-order chi connectivity index (χ0) is 15.2. The molecule has 0 amide bonds. The van der Waals surface area contributed by atoms with Crippen LogP contribution in [0.5, 0.6) is 5.75 Å². The van der Waals surface area contributed by atoms with E-state index in [1.165, 1.54) is 0 Å². The van der Waals surface area contributed by atoms with Crippen molar-refractivity contribution in [2.75, 3.05) is 24.7 Å². The minimum atomic E-state index is -1.18. The smallest absolute Gasteiger partial charge is 0.358 e. The van der Waals surface area contributed by atoms with E-state index in [1.54, 1.807) is 0 Å². The SMILES string of the molecule is CCC12COC[C@@H](C)N1c1nc(Cl)nc(C(=O)O)c1OC2. The van der Waals surface area contributed by atoms with Crippen LogP contribution in [-0.4, -0.2) is 52.4 Å². The lowest BCUT2D eigenvalue weighted by Crippen LogP contribution is -2.65. The molecule has 2 aliphatic rings. The second-order valence-electron chi connectivity index (χ2n) is 5.40. The van der Waals surface area contributed by atoms with Crippen LogP contribution in [0.2, 0.25) is 5.28 Å². The van der Waals surface area contributed by atoms with Gasteiger partial charge in [-0.1, -0.05) is 6.92 Å². The molecule has 2 aliphatic heterocycles. The third-order valence-electron chi connectivity index (χ3n) is 4.08. The number of carbonyl (C=O) groups is 1. The van der Waals surface area contributed by atoms with E-state index in [0.717, 1.165) is 6.42 Å². The van der Waals surface area contributed by atoms with Crippen molar-refractivity contribution in [3.05, 3.63) is 11.0 Å². The molecule has 1 N–H and O–H groups in total. The Kier molecular flexibility index (Phi) is 3.41. The second kappa shape index (κ2) is 4.99. The second-order valence-corrected chi connectivity index (χ2v) is 5.74. The average Bonchev–Trinajstić information content (AvgIpc) is 2.45. The fraction of sp³-hybridized carbons (Fsp3) is 0.615. The van der Waals surface area contributed by atoms with Gasteiger partial charge < -0.3 is 19.5 Å². The monoisotopic (exact) mass is 313 g/mol. The first-order chi connectivity index (χ1) is 9.98. The normalized spacial score (nSPS) is 27.6. The number of halogens is 1. The van der Waals surface area contributed by atoms with Crippen molar-refractivity contribution in [2.24, 2.45) is 0 Å². The maximum absolute atomic E-state index is 11.3. The Bertz CT molecular complexity index is 597. The van der Waals surface area contributed by atoms with Crippen molar-refractivity contribution in [1.82, 2.24) is 9.97 Å². The van der Waals surface area contributed by atoms with Crippen LogP contribution in [0.25, 0.3) is 0 Å². The van der Waals surface area contributed by atoms with Crippen molar-refractivity contribution >= 4 is 23.4 Å². The van der Waals surface area contributed by atoms with Gasteiger partial charge in [0.2, 0.25) is 5.28 Å². The minimum Gasteiger partial charge on any atom is -0.485 e. The van der Waals surface area contributed by atoms with Crippen LogP contribution < -0.4 is 9.64 Å². The summed E-state index contributed by atoms with van der Waals surface area (Å²) in [5.74, 6) is -0.554. The number of rotatable bonds is 2. The van der Waals surface area contributed by atoms with Crippen molar-refractivity contribution < 1.29 is 19.4 Å². The fourth-order valence-corrected chi connectivity index (χ4v) is 3.17. The third-order valence-corrected chi connectivity index (χ3v) is 4.25. The van der Waals surface area contributed by atoms with Gasteiger partial charge in [-0.3, -0.25) is 0 Å². The standard InChI is InChI=1S/C13H16ClN3O4/c1-3-13-5-20-4-7(2)17(13)10-9(21-6-13)8(11(18)19)15-12(14)16-10/h7H,3-6H2,1-2H3,(H,18,19)/t7-,13?/m1/s1. The van der Waals surface area contributed by atoms with Crippen LogP contribution in [-0.2, 0) is 4.74 Å². The summed E-state index contributed by atoms with van der Waals surface area (Å²) in [7, 11) is 0. The largest absolute Gasteiger partial charge is 0.485 e. The molecule has 1 aromatic heterocycles. The van der Waals surface area contributed by atoms with E-state index in [9.17, 15) is 9.90 Å². The molecule has 21 heavy (non-hydrogen) atoms. The molecule has 7 nitrogen and oxygen atoms in total. The molecule has 1 aromatic rings.